The highest BCUT2D eigenvalue weighted by atomic mass is 35.5. The van der Waals surface area contributed by atoms with Gasteiger partial charge in [-0.05, 0) is 29.7 Å². The maximum Gasteiger partial charge on any atom is 0.150 e. The van der Waals surface area contributed by atoms with Crippen molar-refractivity contribution >= 4 is 28.1 Å². The van der Waals surface area contributed by atoms with Gasteiger partial charge in [0.1, 0.15) is 11.5 Å². The van der Waals surface area contributed by atoms with Crippen molar-refractivity contribution in [1.82, 2.24) is 0 Å². The Hall–Kier alpha value is -2.19. The van der Waals surface area contributed by atoms with Crippen LogP contribution in [0.1, 0.15) is 0 Å². The van der Waals surface area contributed by atoms with E-state index in [2.05, 4.69) is 0 Å². The van der Waals surface area contributed by atoms with Crippen molar-refractivity contribution in [2.24, 2.45) is 0 Å². The minimum Gasteiger partial charge on any atom is -0.455 e. The molecule has 2 N–H and O–H groups in total. The fourth-order valence-electron chi connectivity index (χ4n) is 2.02. The van der Waals surface area contributed by atoms with Crippen molar-refractivity contribution in [1.29, 1.82) is 0 Å². The van der Waals surface area contributed by atoms with Gasteiger partial charge in [-0.3, -0.25) is 0 Å². The monoisotopic (exact) mass is 269 g/mol. The first-order valence-corrected chi connectivity index (χ1v) is 6.32. The highest BCUT2D eigenvalue weighted by Gasteiger charge is 2.06. The number of ether oxygens (including phenoxy) is 1. The summed E-state index contributed by atoms with van der Waals surface area (Å²) in [5, 5.41) is 2.79. The Balaban J connectivity index is 2.06. The van der Waals surface area contributed by atoms with Crippen LogP contribution in [-0.4, -0.2) is 0 Å². The molecule has 0 saturated heterocycles. The summed E-state index contributed by atoms with van der Waals surface area (Å²) >= 11 is 5.88. The number of fused-ring (bicyclic) bond motifs is 1. The molecule has 0 heterocycles. The summed E-state index contributed by atoms with van der Waals surface area (Å²) < 4.78 is 5.89. The molecule has 3 heteroatoms. The molecule has 3 aromatic carbocycles. The lowest BCUT2D eigenvalue weighted by molar-refractivity contribution is 0.491. The lowest BCUT2D eigenvalue weighted by Gasteiger charge is -2.11. The quantitative estimate of drug-likeness (QED) is 0.674. The van der Waals surface area contributed by atoms with Gasteiger partial charge in [-0.25, -0.2) is 0 Å². The van der Waals surface area contributed by atoms with Crippen molar-refractivity contribution in [2.45, 2.75) is 0 Å². The molecule has 0 spiro atoms. The summed E-state index contributed by atoms with van der Waals surface area (Å²) in [7, 11) is 0. The second-order valence-corrected chi connectivity index (χ2v) is 4.70. The number of halogens is 1. The Morgan fingerprint density at radius 1 is 0.842 bits per heavy atom. The number of hydrogen-bond donors (Lipinski definition) is 1. The first-order chi connectivity index (χ1) is 9.24. The van der Waals surface area contributed by atoms with Crippen molar-refractivity contribution in [3.8, 4) is 11.5 Å². The van der Waals surface area contributed by atoms with Gasteiger partial charge in [-0.15, -0.1) is 0 Å². The fraction of sp³-hybridized carbons (Fsp3) is 0. The molecule has 0 aromatic heterocycles. The van der Waals surface area contributed by atoms with E-state index in [4.69, 9.17) is 22.1 Å². The average Bonchev–Trinajstić information content (AvgIpc) is 2.42. The standard InChI is InChI=1S/C16H12ClNO/c17-12-8-9-16(14(18)10-12)19-15-7-3-5-11-4-1-2-6-13(11)15/h1-10H,18H2. The van der Waals surface area contributed by atoms with Crippen LogP contribution < -0.4 is 10.5 Å². The Kier molecular flexibility index (Phi) is 3.02. The summed E-state index contributed by atoms with van der Waals surface area (Å²) in [6.07, 6.45) is 0. The van der Waals surface area contributed by atoms with Gasteiger partial charge in [-0.2, -0.15) is 0 Å². The predicted octanol–water partition coefficient (Wildman–Crippen LogP) is 4.87. The van der Waals surface area contributed by atoms with Crippen molar-refractivity contribution < 1.29 is 4.74 Å². The Morgan fingerprint density at radius 3 is 2.47 bits per heavy atom. The van der Waals surface area contributed by atoms with Crippen molar-refractivity contribution in [3.05, 3.63) is 65.7 Å². The van der Waals surface area contributed by atoms with E-state index in [9.17, 15) is 0 Å². The normalized spacial score (nSPS) is 10.6. The van der Waals surface area contributed by atoms with Crippen LogP contribution in [0.3, 0.4) is 0 Å². The van der Waals surface area contributed by atoms with E-state index in [1.807, 2.05) is 42.5 Å². The topological polar surface area (TPSA) is 35.2 Å². The molecule has 0 bridgehead atoms. The summed E-state index contributed by atoms with van der Waals surface area (Å²) in [6, 6.07) is 19.2. The molecule has 0 unspecified atom stereocenters. The molecule has 0 amide bonds. The number of nitrogens with two attached hydrogens (primary N) is 1. The van der Waals surface area contributed by atoms with Gasteiger partial charge in [0.2, 0.25) is 0 Å². The van der Waals surface area contributed by atoms with Gasteiger partial charge in [0.05, 0.1) is 5.69 Å². The average molecular weight is 270 g/mol. The van der Waals surface area contributed by atoms with Crippen LogP contribution in [0.4, 0.5) is 5.69 Å². The number of hydrogen-bond acceptors (Lipinski definition) is 2. The molecule has 0 radical (unpaired) electrons. The third-order valence-corrected chi connectivity index (χ3v) is 3.18. The minimum atomic E-state index is 0.528. The van der Waals surface area contributed by atoms with E-state index in [0.29, 0.717) is 16.5 Å². The van der Waals surface area contributed by atoms with Gasteiger partial charge in [0, 0.05) is 10.4 Å². The zero-order valence-corrected chi connectivity index (χ0v) is 10.9. The largest absolute Gasteiger partial charge is 0.455 e. The molecule has 0 aliphatic heterocycles. The minimum absolute atomic E-state index is 0.528. The van der Waals surface area contributed by atoms with Crippen molar-refractivity contribution in [2.75, 3.05) is 5.73 Å². The van der Waals surface area contributed by atoms with Crippen LogP contribution >= 0.6 is 11.6 Å². The number of nitrogen functional groups attached to an aromatic ring is 1. The van der Waals surface area contributed by atoms with Gasteiger partial charge in [0.25, 0.3) is 0 Å². The van der Waals surface area contributed by atoms with Crippen LogP contribution in [-0.2, 0) is 0 Å². The van der Waals surface area contributed by atoms with Crippen LogP contribution in [0, 0.1) is 0 Å². The molecule has 0 saturated carbocycles. The highest BCUT2D eigenvalue weighted by molar-refractivity contribution is 6.30. The second-order valence-electron chi connectivity index (χ2n) is 4.26. The SMILES string of the molecule is Nc1cc(Cl)ccc1Oc1cccc2ccccc12. The molecule has 0 aliphatic carbocycles. The molecule has 94 valence electrons. The predicted molar refractivity (Wildman–Crippen MR) is 79.9 cm³/mol. The molecule has 3 aromatic rings. The zero-order chi connectivity index (χ0) is 13.2. The number of benzene rings is 3. The molecular weight excluding hydrogens is 258 g/mol. The highest BCUT2D eigenvalue weighted by Crippen LogP contribution is 2.33. The van der Waals surface area contributed by atoms with Gasteiger partial charge < -0.3 is 10.5 Å². The lowest BCUT2D eigenvalue weighted by Crippen LogP contribution is -1.92. The number of rotatable bonds is 2. The van der Waals surface area contributed by atoms with Crippen molar-refractivity contribution in [3.63, 3.8) is 0 Å². The van der Waals surface area contributed by atoms with E-state index in [1.165, 1.54) is 0 Å². The summed E-state index contributed by atoms with van der Waals surface area (Å²) in [4.78, 5) is 0. The third kappa shape index (κ3) is 2.35. The fourth-order valence-corrected chi connectivity index (χ4v) is 2.20. The molecule has 19 heavy (non-hydrogen) atoms. The second kappa shape index (κ2) is 4.82. The zero-order valence-electron chi connectivity index (χ0n) is 10.1. The molecule has 3 rings (SSSR count). The lowest BCUT2D eigenvalue weighted by atomic mass is 10.1. The van der Waals surface area contributed by atoms with Gasteiger partial charge in [-0.1, -0.05) is 48.0 Å². The van der Waals surface area contributed by atoms with Crippen LogP contribution in [0.2, 0.25) is 5.02 Å². The van der Waals surface area contributed by atoms with Crippen LogP contribution in [0.25, 0.3) is 10.8 Å². The smallest absolute Gasteiger partial charge is 0.150 e. The third-order valence-electron chi connectivity index (χ3n) is 2.94. The molecule has 0 atom stereocenters. The maximum absolute atomic E-state index is 5.90. The molecule has 0 aliphatic rings. The van der Waals surface area contributed by atoms with E-state index in [1.54, 1.807) is 18.2 Å². The van der Waals surface area contributed by atoms with E-state index < -0.39 is 0 Å². The first kappa shape index (κ1) is 11.9. The van der Waals surface area contributed by atoms with Gasteiger partial charge in [0.15, 0.2) is 0 Å². The molecule has 2 nitrogen and oxygen atoms in total. The first-order valence-electron chi connectivity index (χ1n) is 5.95. The molecular formula is C16H12ClNO. The van der Waals surface area contributed by atoms with E-state index in [-0.39, 0.29) is 0 Å². The van der Waals surface area contributed by atoms with E-state index >= 15 is 0 Å². The summed E-state index contributed by atoms with van der Waals surface area (Å²) in [5.41, 5.74) is 6.43. The summed E-state index contributed by atoms with van der Waals surface area (Å²) in [5.74, 6) is 1.40. The Labute approximate surface area is 116 Å². The van der Waals surface area contributed by atoms with Crippen LogP contribution in [0.15, 0.2) is 60.7 Å². The van der Waals surface area contributed by atoms with E-state index in [0.717, 1.165) is 16.5 Å². The van der Waals surface area contributed by atoms with Gasteiger partial charge >= 0.3 is 0 Å². The Morgan fingerprint density at radius 2 is 1.63 bits per heavy atom. The van der Waals surface area contributed by atoms with Crippen LogP contribution in [0.5, 0.6) is 11.5 Å². The number of anilines is 1. The molecule has 0 fully saturated rings. The maximum atomic E-state index is 5.90. The summed E-state index contributed by atoms with van der Waals surface area (Å²) in [6.45, 7) is 0. The Bertz CT molecular complexity index is 734.